The normalized spacial score (nSPS) is 23.4. The Kier molecular flexibility index (Phi) is 13.2. The van der Waals surface area contributed by atoms with Gasteiger partial charge in [-0.3, -0.25) is 42.4 Å². The number of halogens is 2. The van der Waals surface area contributed by atoms with Crippen molar-refractivity contribution in [2.24, 2.45) is 16.7 Å². The molecule has 0 aromatic heterocycles. The summed E-state index contributed by atoms with van der Waals surface area (Å²) in [6, 6.07) is 14.8. The third kappa shape index (κ3) is 9.05. The molecule has 4 aliphatic rings. The van der Waals surface area contributed by atoms with Gasteiger partial charge in [-0.25, -0.2) is 0 Å². The lowest BCUT2D eigenvalue weighted by Gasteiger charge is -2.36. The summed E-state index contributed by atoms with van der Waals surface area (Å²) in [6.45, 7) is 6.74. The number of alkyl halides is 2. The first kappa shape index (κ1) is 48.2. The van der Waals surface area contributed by atoms with Crippen molar-refractivity contribution in [3.05, 3.63) is 77.4 Å². The van der Waals surface area contributed by atoms with Crippen molar-refractivity contribution < 1.29 is 60.6 Å². The van der Waals surface area contributed by atoms with Crippen molar-refractivity contribution in [1.82, 2.24) is 15.1 Å². The minimum absolute atomic E-state index is 0.00734. The van der Waals surface area contributed by atoms with Crippen LogP contribution in [0.3, 0.4) is 0 Å². The van der Waals surface area contributed by atoms with Crippen LogP contribution in [0.2, 0.25) is 0 Å². The Bertz CT molecular complexity index is 2520. The summed E-state index contributed by atoms with van der Waals surface area (Å²) in [5.41, 5.74) is -7.35. The zero-order valence-electron chi connectivity index (χ0n) is 37.7. The highest BCUT2D eigenvalue weighted by Gasteiger charge is 2.60. The molecule has 4 heterocycles. The van der Waals surface area contributed by atoms with E-state index in [4.69, 9.17) is 18.5 Å². The molecule has 16 nitrogen and oxygen atoms in total. The number of ether oxygens (including phenoxy) is 2. The van der Waals surface area contributed by atoms with Gasteiger partial charge < -0.3 is 29.9 Å². The van der Waals surface area contributed by atoms with E-state index in [1.807, 2.05) is 0 Å². The zero-order valence-corrected chi connectivity index (χ0v) is 38.6. The third-order valence-electron chi connectivity index (χ3n) is 12.7. The monoisotopic (exact) mass is 933 g/mol. The van der Waals surface area contributed by atoms with E-state index < -0.39 is 90.4 Å². The highest BCUT2D eigenvalue weighted by molar-refractivity contribution is 7.54. The maximum absolute atomic E-state index is 16.4. The Morgan fingerprint density at radius 3 is 2.15 bits per heavy atom. The number of rotatable bonds is 11. The highest BCUT2D eigenvalue weighted by Crippen LogP contribution is 2.67. The number of para-hydroxylation sites is 1. The van der Waals surface area contributed by atoms with Crippen LogP contribution in [0.4, 0.5) is 14.5 Å². The van der Waals surface area contributed by atoms with Crippen LogP contribution in [0.5, 0.6) is 0 Å². The molecular weight excluding hydrogens is 880 g/mol. The van der Waals surface area contributed by atoms with Gasteiger partial charge in [0.2, 0.25) is 31.3 Å². The molecule has 352 valence electrons. The first-order valence-electron chi connectivity index (χ1n) is 21.9. The molecule has 3 saturated heterocycles. The van der Waals surface area contributed by atoms with Gasteiger partial charge in [0.1, 0.15) is 17.5 Å². The van der Waals surface area contributed by atoms with Gasteiger partial charge in [-0.15, -0.1) is 0 Å². The molecule has 19 heteroatoms. The summed E-state index contributed by atoms with van der Waals surface area (Å²) >= 11 is 0. The number of anilines is 1. The van der Waals surface area contributed by atoms with Crippen LogP contribution in [0.15, 0.2) is 60.7 Å². The molecular formula is C47H54F2N5O11P. The average molecular weight is 934 g/mol. The molecule has 0 radical (unpaired) electrons. The van der Waals surface area contributed by atoms with Gasteiger partial charge >= 0.3 is 25.2 Å². The lowest BCUT2D eigenvalue weighted by molar-refractivity contribution is -0.163. The number of likely N-dealkylation sites (tertiary alicyclic amines) is 1. The summed E-state index contributed by atoms with van der Waals surface area (Å²) in [7, 11) is -5.63. The first-order chi connectivity index (χ1) is 31.0. The molecule has 1 spiro atoms. The van der Waals surface area contributed by atoms with E-state index in [2.05, 4.69) is 16.7 Å². The molecule has 0 bridgehead atoms. The highest BCUT2D eigenvalue weighted by atomic mass is 31.2. The molecule has 2 N–H and O–H groups in total. The van der Waals surface area contributed by atoms with E-state index in [-0.39, 0.29) is 48.3 Å². The number of nitrogens with one attached hydrogen (secondary N) is 2. The number of carbonyl (C=O) groups is 6. The molecule has 3 fully saturated rings. The van der Waals surface area contributed by atoms with Crippen molar-refractivity contribution in [3.8, 4) is 6.07 Å². The first-order valence-corrected chi connectivity index (χ1v) is 23.4. The molecule has 1 unspecified atom stereocenters. The van der Waals surface area contributed by atoms with E-state index in [9.17, 15) is 38.6 Å². The topological polar surface area (TPSA) is 211 Å². The van der Waals surface area contributed by atoms with Crippen molar-refractivity contribution in [1.29, 1.82) is 5.26 Å². The SMILES string of the molecule is CC(C)(C)C(=O)OCOP(=O)(OCOC(=O)C(C)(C)C)C(F)(F)c1ccc2ccc(C(=O)NC3CCCC[C@H]4CC[C@@H](C(=O)N5C[C@@H](C#N)[C@@]6(C5)C(=O)Nc5ccccc56)N4C3=O)cc2c1. The van der Waals surface area contributed by atoms with E-state index >= 15 is 8.78 Å². The van der Waals surface area contributed by atoms with Crippen molar-refractivity contribution in [2.45, 2.75) is 109 Å². The number of nitrogens with zero attached hydrogens (tertiary/aromatic N) is 3. The van der Waals surface area contributed by atoms with Crippen LogP contribution in [0.25, 0.3) is 10.8 Å². The van der Waals surface area contributed by atoms with E-state index in [0.29, 0.717) is 42.3 Å². The lowest BCUT2D eigenvalue weighted by atomic mass is 9.74. The maximum Gasteiger partial charge on any atom is 0.410 e. The number of benzene rings is 3. The fourth-order valence-corrected chi connectivity index (χ4v) is 10.3. The molecule has 3 aromatic carbocycles. The van der Waals surface area contributed by atoms with Crippen LogP contribution in [-0.4, -0.2) is 90.2 Å². The second kappa shape index (κ2) is 18.1. The van der Waals surface area contributed by atoms with Crippen LogP contribution in [-0.2, 0) is 58.1 Å². The minimum Gasteiger partial charge on any atom is -0.438 e. The molecule has 66 heavy (non-hydrogen) atoms. The lowest BCUT2D eigenvalue weighted by Crippen LogP contribution is -2.57. The Morgan fingerprint density at radius 2 is 1.50 bits per heavy atom. The van der Waals surface area contributed by atoms with Crippen LogP contribution < -0.4 is 10.6 Å². The Labute approximate surface area is 381 Å². The van der Waals surface area contributed by atoms with Crippen molar-refractivity contribution in [3.63, 3.8) is 0 Å². The number of fused-ring (bicyclic) bond motifs is 4. The molecule has 3 aromatic rings. The molecule has 7 rings (SSSR count). The van der Waals surface area contributed by atoms with Gasteiger partial charge in [-0.1, -0.05) is 49.2 Å². The summed E-state index contributed by atoms with van der Waals surface area (Å²) in [4.78, 5) is 84.1. The predicted molar refractivity (Wildman–Crippen MR) is 234 cm³/mol. The van der Waals surface area contributed by atoms with Crippen molar-refractivity contribution >= 4 is 59.6 Å². The van der Waals surface area contributed by atoms with Gasteiger partial charge in [0.05, 0.1) is 22.8 Å². The zero-order chi connectivity index (χ0) is 48.0. The predicted octanol–water partition coefficient (Wildman–Crippen LogP) is 7.11. The smallest absolute Gasteiger partial charge is 0.410 e. The Hall–Kier alpha value is -5.76. The Balaban J connectivity index is 1.09. The van der Waals surface area contributed by atoms with E-state index in [1.165, 1.54) is 70.7 Å². The number of amides is 4. The number of nitriles is 1. The van der Waals surface area contributed by atoms with Crippen LogP contribution >= 0.6 is 7.60 Å². The summed E-state index contributed by atoms with van der Waals surface area (Å²) in [5.74, 6) is -4.34. The number of hydrogen-bond donors (Lipinski definition) is 2. The third-order valence-corrected chi connectivity index (χ3v) is 14.6. The van der Waals surface area contributed by atoms with Gasteiger partial charge in [0.15, 0.2) is 0 Å². The average Bonchev–Trinajstić information content (AvgIpc) is 3.95. The van der Waals surface area contributed by atoms with Gasteiger partial charge in [0, 0.05) is 35.9 Å². The summed E-state index contributed by atoms with van der Waals surface area (Å²) in [5, 5.41) is 16.5. The van der Waals surface area contributed by atoms with E-state index in [0.717, 1.165) is 18.6 Å². The maximum atomic E-state index is 16.4. The van der Waals surface area contributed by atoms with Gasteiger partial charge in [0.25, 0.3) is 5.91 Å². The molecule has 0 aliphatic carbocycles. The quantitative estimate of drug-likeness (QED) is 0.112. The Morgan fingerprint density at radius 1 is 0.864 bits per heavy atom. The van der Waals surface area contributed by atoms with Crippen LogP contribution in [0, 0.1) is 28.1 Å². The fraction of sp³-hybridized carbons (Fsp3) is 0.511. The molecule has 5 atom stereocenters. The summed E-state index contributed by atoms with van der Waals surface area (Å²) < 4.78 is 66.7. The molecule has 0 saturated carbocycles. The molecule has 4 aliphatic heterocycles. The minimum atomic E-state index is -5.63. The second-order valence-electron chi connectivity index (χ2n) is 19.3. The van der Waals surface area contributed by atoms with E-state index in [1.54, 1.807) is 29.2 Å². The van der Waals surface area contributed by atoms with Gasteiger partial charge in [-0.05, 0) is 108 Å². The number of esters is 2. The van der Waals surface area contributed by atoms with Crippen LogP contribution in [0.1, 0.15) is 102 Å². The van der Waals surface area contributed by atoms with Gasteiger partial charge in [-0.2, -0.15) is 14.0 Å². The molecule has 4 amide bonds. The standard InChI is InChI=1S/C47H54F2N5O11P/c1-44(2,3)42(59)62-26-64-66(61,65-27-63-43(60)45(4,5)6)47(48,49)31-18-17-28-15-16-29(21-30(28)22-31)38(55)51-36-14-9-7-11-33-19-20-37(54(33)39(36)56)40(57)53-24-32(23-50)46(25-53)34-12-8-10-13-35(34)52-41(46)58/h8,10,12-13,15-18,21-22,32-33,36-37H,7,9,11,14,19-20,24-27H2,1-6H3,(H,51,55)(H,52,58)/t32-,33+,36?,37+,46-/m1/s1. The summed E-state index contributed by atoms with van der Waals surface area (Å²) in [6.07, 6.45) is 3.18. The second-order valence-corrected chi connectivity index (χ2v) is 21.4. The number of hydrogen-bond acceptors (Lipinski definition) is 12. The fourth-order valence-electron chi connectivity index (χ4n) is 9.04. The van der Waals surface area contributed by atoms with Crippen molar-refractivity contribution in [2.75, 3.05) is 32.0 Å². The number of carbonyl (C=O) groups excluding carboxylic acids is 6. The largest absolute Gasteiger partial charge is 0.438 e.